The first-order valence-electron chi connectivity index (χ1n) is 13.3. The van der Waals surface area contributed by atoms with Crippen LogP contribution in [0, 0.1) is 20.8 Å². The molecule has 40 heavy (non-hydrogen) atoms. The number of halogens is 1. The molecule has 1 N–H and O–H groups in total. The van der Waals surface area contributed by atoms with Crippen molar-refractivity contribution >= 4 is 39.1 Å². The number of benzene rings is 3. The van der Waals surface area contributed by atoms with Gasteiger partial charge in [0, 0.05) is 17.6 Å². The molecular weight excluding hydrogens is 546 g/mol. The summed E-state index contributed by atoms with van der Waals surface area (Å²) in [6.07, 6.45) is 0.732. The zero-order valence-corrected chi connectivity index (χ0v) is 25.5. The molecule has 0 radical (unpaired) electrons. The van der Waals surface area contributed by atoms with Crippen molar-refractivity contribution in [2.75, 3.05) is 10.8 Å². The van der Waals surface area contributed by atoms with E-state index in [9.17, 15) is 18.0 Å². The lowest BCUT2D eigenvalue weighted by atomic mass is 10.1. The highest BCUT2D eigenvalue weighted by Crippen LogP contribution is 2.29. The normalized spacial score (nSPS) is 12.9. The average Bonchev–Trinajstić information content (AvgIpc) is 2.91. The largest absolute Gasteiger partial charge is 0.352 e. The summed E-state index contributed by atoms with van der Waals surface area (Å²) in [5.41, 5.74) is 3.69. The van der Waals surface area contributed by atoms with Crippen LogP contribution in [0.25, 0.3) is 0 Å². The van der Waals surface area contributed by atoms with Gasteiger partial charge >= 0.3 is 0 Å². The minimum atomic E-state index is -4.12. The van der Waals surface area contributed by atoms with E-state index in [0.717, 1.165) is 33.0 Å². The number of nitrogens with one attached hydrogen (secondary N) is 1. The summed E-state index contributed by atoms with van der Waals surface area (Å²) in [6, 6.07) is 18.0. The number of hydrogen-bond donors (Lipinski definition) is 1. The lowest BCUT2D eigenvalue weighted by Gasteiger charge is -2.33. The molecule has 0 aliphatic rings. The maximum Gasteiger partial charge on any atom is 0.264 e. The lowest BCUT2D eigenvalue weighted by Crippen LogP contribution is -2.52. The zero-order valence-electron chi connectivity index (χ0n) is 23.9. The minimum absolute atomic E-state index is 0.0774. The summed E-state index contributed by atoms with van der Waals surface area (Å²) in [4.78, 5) is 28.7. The van der Waals surface area contributed by atoms with Crippen LogP contribution in [0.4, 0.5) is 5.69 Å². The van der Waals surface area contributed by atoms with Crippen LogP contribution >= 0.6 is 11.6 Å². The molecule has 0 aliphatic carbocycles. The van der Waals surface area contributed by atoms with Crippen molar-refractivity contribution in [1.29, 1.82) is 0 Å². The van der Waals surface area contributed by atoms with E-state index in [2.05, 4.69) is 5.32 Å². The first-order valence-corrected chi connectivity index (χ1v) is 15.2. The minimum Gasteiger partial charge on any atom is -0.352 e. The van der Waals surface area contributed by atoms with Gasteiger partial charge in [-0.3, -0.25) is 13.9 Å². The maximum atomic E-state index is 14.1. The third-order valence-corrected chi connectivity index (χ3v) is 9.15. The van der Waals surface area contributed by atoms with Crippen molar-refractivity contribution in [2.24, 2.45) is 0 Å². The number of carbonyl (C=O) groups excluding carboxylic acids is 2. The Morgan fingerprint density at radius 2 is 1.60 bits per heavy atom. The van der Waals surface area contributed by atoms with Crippen LogP contribution in [0.5, 0.6) is 0 Å². The molecule has 7 nitrogen and oxygen atoms in total. The summed E-state index contributed by atoms with van der Waals surface area (Å²) in [5, 5.41) is 3.43. The van der Waals surface area contributed by atoms with Crippen LogP contribution in [0.2, 0.25) is 5.02 Å². The topological polar surface area (TPSA) is 86.8 Å². The van der Waals surface area contributed by atoms with E-state index in [0.29, 0.717) is 10.7 Å². The van der Waals surface area contributed by atoms with Gasteiger partial charge in [-0.25, -0.2) is 8.42 Å². The third kappa shape index (κ3) is 7.43. The van der Waals surface area contributed by atoms with Crippen molar-refractivity contribution in [1.82, 2.24) is 10.2 Å². The van der Waals surface area contributed by atoms with Crippen LogP contribution in [0.3, 0.4) is 0 Å². The Hall–Kier alpha value is -3.36. The molecule has 0 spiro atoms. The van der Waals surface area contributed by atoms with Crippen molar-refractivity contribution in [3.63, 3.8) is 0 Å². The Bertz CT molecular complexity index is 1460. The third-order valence-electron chi connectivity index (χ3n) is 7.14. The zero-order chi connectivity index (χ0) is 29.6. The molecule has 0 heterocycles. The van der Waals surface area contributed by atoms with E-state index in [1.165, 1.54) is 4.90 Å². The second-order valence-electron chi connectivity index (χ2n) is 10.2. The fourth-order valence-corrected chi connectivity index (χ4v) is 5.92. The Balaban J connectivity index is 2.07. The van der Waals surface area contributed by atoms with Gasteiger partial charge < -0.3 is 10.2 Å². The molecule has 0 bridgehead atoms. The predicted molar refractivity (Wildman–Crippen MR) is 161 cm³/mol. The number of anilines is 1. The van der Waals surface area contributed by atoms with Gasteiger partial charge in [0.25, 0.3) is 10.0 Å². The van der Waals surface area contributed by atoms with E-state index in [4.69, 9.17) is 11.6 Å². The van der Waals surface area contributed by atoms with Gasteiger partial charge in [0.05, 0.1) is 10.6 Å². The smallest absolute Gasteiger partial charge is 0.264 e. The number of rotatable bonds is 11. The fourth-order valence-electron chi connectivity index (χ4n) is 4.24. The molecule has 0 fully saturated rings. The number of aryl methyl sites for hydroxylation is 2. The molecule has 3 aromatic carbocycles. The number of carbonyl (C=O) groups is 2. The Morgan fingerprint density at radius 1 is 0.950 bits per heavy atom. The molecular formula is C31H38ClN3O4S. The van der Waals surface area contributed by atoms with E-state index in [-0.39, 0.29) is 23.4 Å². The molecule has 0 aromatic heterocycles. The standard InChI is InChI=1S/C31H38ClN3O4S/c1-7-23(4)33-31(37)25(6)34(19-26-11-9-12-27(32)18-26)30(36)20-35(29-13-8-10-22(3)24(29)5)40(38,39)28-16-14-21(2)15-17-28/h8-18,23,25H,7,19-20H2,1-6H3,(H,33,37). The van der Waals surface area contributed by atoms with E-state index < -0.39 is 28.5 Å². The van der Waals surface area contributed by atoms with Gasteiger partial charge in [-0.15, -0.1) is 0 Å². The average molecular weight is 584 g/mol. The molecule has 2 atom stereocenters. The highest BCUT2D eigenvalue weighted by molar-refractivity contribution is 7.92. The van der Waals surface area contributed by atoms with Gasteiger partial charge in [0.2, 0.25) is 11.8 Å². The second kappa shape index (κ2) is 13.3. The lowest BCUT2D eigenvalue weighted by molar-refractivity contribution is -0.139. The monoisotopic (exact) mass is 583 g/mol. The van der Waals surface area contributed by atoms with Crippen molar-refractivity contribution in [2.45, 2.75) is 71.5 Å². The predicted octanol–water partition coefficient (Wildman–Crippen LogP) is 5.79. The number of amides is 2. The Kier molecular flexibility index (Phi) is 10.4. The Labute approximate surface area is 243 Å². The second-order valence-corrected chi connectivity index (χ2v) is 12.5. The molecule has 2 unspecified atom stereocenters. The molecule has 9 heteroatoms. The van der Waals surface area contributed by atoms with Crippen LogP contribution < -0.4 is 9.62 Å². The number of nitrogens with zero attached hydrogens (tertiary/aromatic N) is 2. The summed E-state index contributed by atoms with van der Waals surface area (Å²) in [7, 11) is -4.12. The van der Waals surface area contributed by atoms with Crippen molar-refractivity contribution in [3.05, 3.63) is 94.0 Å². The van der Waals surface area contributed by atoms with Crippen LogP contribution in [-0.2, 0) is 26.2 Å². The van der Waals surface area contributed by atoms with Crippen LogP contribution in [0.1, 0.15) is 49.4 Å². The molecule has 3 aromatic rings. The summed E-state index contributed by atoms with van der Waals surface area (Å²) >= 11 is 6.20. The van der Waals surface area contributed by atoms with E-state index >= 15 is 0 Å². The van der Waals surface area contributed by atoms with Crippen molar-refractivity contribution < 1.29 is 18.0 Å². The fraction of sp³-hybridized carbons (Fsp3) is 0.355. The first-order chi connectivity index (χ1) is 18.8. The Morgan fingerprint density at radius 3 is 2.23 bits per heavy atom. The highest BCUT2D eigenvalue weighted by atomic mass is 35.5. The van der Waals surface area contributed by atoms with Crippen LogP contribution in [0.15, 0.2) is 71.6 Å². The van der Waals surface area contributed by atoms with Crippen LogP contribution in [-0.4, -0.2) is 43.8 Å². The molecule has 3 rings (SSSR count). The van der Waals surface area contributed by atoms with Crippen molar-refractivity contribution in [3.8, 4) is 0 Å². The molecule has 0 saturated carbocycles. The van der Waals surface area contributed by atoms with Gasteiger partial charge in [0.15, 0.2) is 0 Å². The molecule has 214 valence electrons. The maximum absolute atomic E-state index is 14.1. The van der Waals surface area contributed by atoms with Gasteiger partial charge in [-0.2, -0.15) is 0 Å². The molecule has 2 amide bonds. The quantitative estimate of drug-likeness (QED) is 0.309. The summed E-state index contributed by atoms with van der Waals surface area (Å²) in [5.74, 6) is -0.826. The molecule has 0 aliphatic heterocycles. The molecule has 0 saturated heterocycles. The van der Waals surface area contributed by atoms with Gasteiger partial charge in [0.1, 0.15) is 12.6 Å². The van der Waals surface area contributed by atoms with E-state index in [1.54, 1.807) is 61.5 Å². The summed E-state index contributed by atoms with van der Waals surface area (Å²) in [6.45, 7) is 10.7. The summed E-state index contributed by atoms with van der Waals surface area (Å²) < 4.78 is 29.2. The van der Waals surface area contributed by atoms with Gasteiger partial charge in [-0.05, 0) is 88.1 Å². The van der Waals surface area contributed by atoms with Gasteiger partial charge in [-0.1, -0.05) is 60.5 Å². The highest BCUT2D eigenvalue weighted by Gasteiger charge is 2.33. The number of sulfonamides is 1. The number of hydrogen-bond acceptors (Lipinski definition) is 4. The SMILES string of the molecule is CCC(C)NC(=O)C(C)N(Cc1cccc(Cl)c1)C(=O)CN(c1cccc(C)c1C)S(=O)(=O)c1ccc(C)cc1. The first kappa shape index (κ1) is 31.2. The van der Waals surface area contributed by atoms with E-state index in [1.807, 2.05) is 46.8 Å².